The largest absolute Gasteiger partial charge is 0.462 e. The standard InChI is InChI=1S/C58H98O6/c1-4-7-10-13-16-19-22-25-27-29-31-33-36-39-42-45-48-51-57(60)63-54-55(53-62-56(59)50-47-44-41-38-35-24-21-18-15-12-9-6-3)64-58(61)52-49-46-43-40-37-34-32-30-28-26-23-20-17-14-11-8-5-2/h7,10,16-17,19-20,25-28,31,33,39,42,55H,4-6,8-9,11-15,18,21-24,29-30,32,34-38,40-41,43-54H2,1-3H3/b10-7-,19-16-,20-17-,27-25-,28-26-,33-31-,42-39-/t55-/m0/s1. The highest BCUT2D eigenvalue weighted by atomic mass is 16.6. The predicted octanol–water partition coefficient (Wildman–Crippen LogP) is 17.6. The van der Waals surface area contributed by atoms with Crippen LogP contribution >= 0.6 is 0 Å². The van der Waals surface area contributed by atoms with Gasteiger partial charge in [-0.1, -0.05) is 221 Å². The lowest BCUT2D eigenvalue weighted by Crippen LogP contribution is -2.30. The van der Waals surface area contributed by atoms with Crippen molar-refractivity contribution >= 4 is 17.9 Å². The number of carbonyl (C=O) groups is 3. The van der Waals surface area contributed by atoms with Gasteiger partial charge in [-0.05, 0) is 89.9 Å². The van der Waals surface area contributed by atoms with E-state index in [0.717, 1.165) is 89.9 Å². The SMILES string of the molecule is CC/C=C\C/C=C\C/C=C\C/C=C\C/C=C\CCCC(=O)OC[C@H](COC(=O)CCCCCCCCCCCCCC)OC(=O)CCCCCCCCC/C=C\C/C=C\CCCCC. The highest BCUT2D eigenvalue weighted by Gasteiger charge is 2.19. The molecule has 0 N–H and O–H groups in total. The summed E-state index contributed by atoms with van der Waals surface area (Å²) in [6, 6.07) is 0. The van der Waals surface area contributed by atoms with Crippen molar-refractivity contribution in [1.29, 1.82) is 0 Å². The van der Waals surface area contributed by atoms with E-state index in [1.165, 1.54) is 109 Å². The summed E-state index contributed by atoms with van der Waals surface area (Å²) in [6.07, 6.45) is 67.1. The highest BCUT2D eigenvalue weighted by molar-refractivity contribution is 5.71. The molecule has 0 spiro atoms. The van der Waals surface area contributed by atoms with Gasteiger partial charge in [-0.25, -0.2) is 0 Å². The summed E-state index contributed by atoms with van der Waals surface area (Å²) in [4.78, 5) is 38.0. The lowest BCUT2D eigenvalue weighted by molar-refractivity contribution is -0.167. The minimum Gasteiger partial charge on any atom is -0.462 e. The van der Waals surface area contributed by atoms with E-state index in [1.807, 2.05) is 0 Å². The molecular formula is C58H98O6. The van der Waals surface area contributed by atoms with Crippen LogP contribution in [0.25, 0.3) is 0 Å². The van der Waals surface area contributed by atoms with Gasteiger partial charge in [0, 0.05) is 19.3 Å². The fourth-order valence-electron chi connectivity index (χ4n) is 7.15. The molecule has 0 aromatic rings. The molecule has 0 heterocycles. The number of hydrogen-bond acceptors (Lipinski definition) is 6. The second-order valence-electron chi connectivity index (χ2n) is 17.4. The molecule has 6 heteroatoms. The molecule has 366 valence electrons. The Kier molecular flexibility index (Phi) is 49.4. The summed E-state index contributed by atoms with van der Waals surface area (Å²) in [7, 11) is 0. The van der Waals surface area contributed by atoms with E-state index in [1.54, 1.807) is 0 Å². The number of rotatable bonds is 47. The smallest absolute Gasteiger partial charge is 0.306 e. The third-order valence-electron chi connectivity index (χ3n) is 11.1. The van der Waals surface area contributed by atoms with Crippen LogP contribution in [0, 0.1) is 0 Å². The normalized spacial score (nSPS) is 12.7. The summed E-state index contributed by atoms with van der Waals surface area (Å²) in [6.45, 7) is 6.44. The first-order chi connectivity index (χ1) is 31.5. The predicted molar refractivity (Wildman–Crippen MR) is 274 cm³/mol. The Bertz CT molecular complexity index is 1250. The molecule has 0 aromatic heterocycles. The van der Waals surface area contributed by atoms with Gasteiger partial charge in [0.1, 0.15) is 13.2 Å². The average molecular weight is 891 g/mol. The number of unbranched alkanes of at least 4 members (excludes halogenated alkanes) is 22. The number of carbonyl (C=O) groups excluding carboxylic acids is 3. The molecule has 0 fully saturated rings. The van der Waals surface area contributed by atoms with E-state index in [4.69, 9.17) is 14.2 Å². The van der Waals surface area contributed by atoms with Gasteiger partial charge in [0.25, 0.3) is 0 Å². The van der Waals surface area contributed by atoms with Crippen molar-refractivity contribution in [3.63, 3.8) is 0 Å². The molecule has 0 saturated carbocycles. The van der Waals surface area contributed by atoms with E-state index in [2.05, 4.69) is 106 Å². The Morgan fingerprint density at radius 1 is 0.328 bits per heavy atom. The molecular weight excluding hydrogens is 793 g/mol. The van der Waals surface area contributed by atoms with Gasteiger partial charge in [0.05, 0.1) is 0 Å². The fourth-order valence-corrected chi connectivity index (χ4v) is 7.15. The number of ether oxygens (including phenoxy) is 3. The van der Waals surface area contributed by atoms with E-state index in [9.17, 15) is 14.4 Å². The van der Waals surface area contributed by atoms with E-state index in [-0.39, 0.29) is 37.5 Å². The lowest BCUT2D eigenvalue weighted by atomic mass is 10.0. The maximum absolute atomic E-state index is 12.8. The van der Waals surface area contributed by atoms with Crippen molar-refractivity contribution in [3.8, 4) is 0 Å². The lowest BCUT2D eigenvalue weighted by Gasteiger charge is -2.18. The quantitative estimate of drug-likeness (QED) is 0.0262. The minimum absolute atomic E-state index is 0.0961. The minimum atomic E-state index is -0.802. The summed E-state index contributed by atoms with van der Waals surface area (Å²) in [5, 5.41) is 0. The molecule has 1 atom stereocenters. The number of hydrogen-bond donors (Lipinski definition) is 0. The third-order valence-corrected chi connectivity index (χ3v) is 11.1. The zero-order valence-corrected chi connectivity index (χ0v) is 41.8. The first-order valence-corrected chi connectivity index (χ1v) is 26.6. The van der Waals surface area contributed by atoms with Gasteiger partial charge in [-0.3, -0.25) is 14.4 Å². The van der Waals surface area contributed by atoms with E-state index < -0.39 is 6.10 Å². The molecule has 0 amide bonds. The Morgan fingerprint density at radius 3 is 1.05 bits per heavy atom. The van der Waals surface area contributed by atoms with E-state index >= 15 is 0 Å². The molecule has 0 saturated heterocycles. The number of esters is 3. The summed E-state index contributed by atoms with van der Waals surface area (Å²) in [5.74, 6) is -0.963. The van der Waals surface area contributed by atoms with Crippen molar-refractivity contribution in [2.75, 3.05) is 13.2 Å². The van der Waals surface area contributed by atoms with Gasteiger partial charge in [0.15, 0.2) is 6.10 Å². The third kappa shape index (κ3) is 49.6. The molecule has 0 radical (unpaired) electrons. The molecule has 64 heavy (non-hydrogen) atoms. The molecule has 0 aliphatic heterocycles. The van der Waals surface area contributed by atoms with Crippen LogP contribution in [0.1, 0.15) is 245 Å². The Labute approximate surface area is 395 Å². The molecule has 0 rings (SSSR count). The molecule has 0 aliphatic rings. The molecule has 0 bridgehead atoms. The van der Waals surface area contributed by atoms with Crippen LogP contribution < -0.4 is 0 Å². The van der Waals surface area contributed by atoms with Gasteiger partial charge < -0.3 is 14.2 Å². The van der Waals surface area contributed by atoms with Crippen molar-refractivity contribution in [3.05, 3.63) is 85.1 Å². The van der Waals surface area contributed by atoms with Crippen LogP contribution in [0.5, 0.6) is 0 Å². The first kappa shape index (κ1) is 60.6. The van der Waals surface area contributed by atoms with Gasteiger partial charge >= 0.3 is 17.9 Å². The molecule has 0 aliphatic carbocycles. The number of allylic oxidation sites excluding steroid dienone is 14. The van der Waals surface area contributed by atoms with Crippen LogP contribution in [0.15, 0.2) is 85.1 Å². The van der Waals surface area contributed by atoms with Crippen molar-refractivity contribution < 1.29 is 28.6 Å². The highest BCUT2D eigenvalue weighted by Crippen LogP contribution is 2.14. The molecule has 0 unspecified atom stereocenters. The van der Waals surface area contributed by atoms with Crippen LogP contribution in [0.4, 0.5) is 0 Å². The topological polar surface area (TPSA) is 78.9 Å². The van der Waals surface area contributed by atoms with Crippen LogP contribution in [-0.4, -0.2) is 37.2 Å². The Morgan fingerprint density at radius 2 is 0.625 bits per heavy atom. The molecule has 6 nitrogen and oxygen atoms in total. The average Bonchev–Trinajstić information content (AvgIpc) is 3.29. The van der Waals surface area contributed by atoms with Crippen LogP contribution in [0.2, 0.25) is 0 Å². The summed E-state index contributed by atoms with van der Waals surface area (Å²) >= 11 is 0. The maximum atomic E-state index is 12.8. The first-order valence-electron chi connectivity index (χ1n) is 26.6. The van der Waals surface area contributed by atoms with Gasteiger partial charge in [-0.2, -0.15) is 0 Å². The van der Waals surface area contributed by atoms with E-state index in [0.29, 0.717) is 19.3 Å². The van der Waals surface area contributed by atoms with Crippen LogP contribution in [-0.2, 0) is 28.6 Å². The Balaban J connectivity index is 4.48. The zero-order valence-electron chi connectivity index (χ0n) is 41.8. The second kappa shape index (κ2) is 52.2. The van der Waals surface area contributed by atoms with Gasteiger partial charge in [-0.15, -0.1) is 0 Å². The maximum Gasteiger partial charge on any atom is 0.306 e. The van der Waals surface area contributed by atoms with Crippen LogP contribution in [0.3, 0.4) is 0 Å². The summed E-state index contributed by atoms with van der Waals surface area (Å²) in [5.41, 5.74) is 0. The Hall–Kier alpha value is -3.41. The van der Waals surface area contributed by atoms with Crippen molar-refractivity contribution in [1.82, 2.24) is 0 Å². The zero-order chi connectivity index (χ0) is 46.5. The monoisotopic (exact) mass is 891 g/mol. The van der Waals surface area contributed by atoms with Gasteiger partial charge in [0.2, 0.25) is 0 Å². The fraction of sp³-hybridized carbons (Fsp3) is 0.707. The summed E-state index contributed by atoms with van der Waals surface area (Å²) < 4.78 is 16.8. The van der Waals surface area contributed by atoms with Crippen molar-refractivity contribution in [2.45, 2.75) is 252 Å². The van der Waals surface area contributed by atoms with Crippen molar-refractivity contribution in [2.24, 2.45) is 0 Å². The second-order valence-corrected chi connectivity index (χ2v) is 17.4. The molecule has 0 aromatic carbocycles.